The number of aryl methyl sites for hydroxylation is 2. The van der Waals surface area contributed by atoms with Gasteiger partial charge in [-0.05, 0) is 86.1 Å². The molecule has 0 atom stereocenters. The van der Waals surface area contributed by atoms with Gasteiger partial charge in [-0.25, -0.2) is 23.4 Å². The molecule has 4 aromatic carbocycles. The molecule has 7 heteroatoms. The monoisotopic (exact) mass is 528 g/mol. The van der Waals surface area contributed by atoms with Gasteiger partial charge in [-0.3, -0.25) is 0 Å². The van der Waals surface area contributed by atoms with Crippen molar-refractivity contribution < 1.29 is 13.9 Å². The third-order valence-corrected chi connectivity index (χ3v) is 7.31. The molecule has 0 saturated carbocycles. The minimum absolute atomic E-state index is 0.0857. The Bertz CT molecular complexity index is 2080. The zero-order valence-electron chi connectivity index (χ0n) is 21.7. The second kappa shape index (κ2) is 8.95. The minimum atomic E-state index is -0.399. The third-order valence-electron chi connectivity index (χ3n) is 7.31. The van der Waals surface area contributed by atoms with Gasteiger partial charge in [0.05, 0.1) is 28.0 Å². The number of para-hydroxylation sites is 1. The standard InChI is InChI=1S/C33H22F2N4O/c1-18-8-17-25-28-26(18)31(32(40)21-11-15-23(35)16-12-21)37-33-27(19(2)38-39(33)24-6-4-3-5-7-24)29(28)30(36-25)20-9-13-22(34)14-10-20/h3-17,40H,1-2H3/b32-31+. The number of hydrogen-bond acceptors (Lipinski definition) is 4. The van der Waals surface area contributed by atoms with Crippen molar-refractivity contribution in [3.63, 3.8) is 0 Å². The Morgan fingerprint density at radius 3 is 2.10 bits per heavy atom. The van der Waals surface area contributed by atoms with Crippen LogP contribution in [0.25, 0.3) is 55.8 Å². The van der Waals surface area contributed by atoms with Gasteiger partial charge < -0.3 is 5.11 Å². The number of aliphatic hydroxyl groups is 1. The lowest BCUT2D eigenvalue weighted by Crippen LogP contribution is -2.14. The van der Waals surface area contributed by atoms with Crippen molar-refractivity contribution in [3.8, 4) is 28.1 Å². The van der Waals surface area contributed by atoms with Gasteiger partial charge in [0.15, 0.2) is 5.65 Å². The number of rotatable bonds is 3. The van der Waals surface area contributed by atoms with E-state index in [1.807, 2.05) is 56.3 Å². The van der Waals surface area contributed by atoms with Gasteiger partial charge in [-0.15, -0.1) is 0 Å². The fourth-order valence-electron chi connectivity index (χ4n) is 5.44. The van der Waals surface area contributed by atoms with E-state index in [0.29, 0.717) is 27.8 Å². The second-order valence-electron chi connectivity index (χ2n) is 9.84. The molecule has 0 aliphatic carbocycles. The molecule has 0 bridgehead atoms. The number of halogens is 2. The number of aliphatic hydroxyl groups excluding tert-OH is 1. The quantitative estimate of drug-likeness (QED) is 0.267. The fourth-order valence-corrected chi connectivity index (χ4v) is 5.44. The first-order valence-electron chi connectivity index (χ1n) is 12.8. The van der Waals surface area contributed by atoms with Crippen LogP contribution in [-0.4, -0.2) is 24.9 Å². The lowest BCUT2D eigenvalue weighted by molar-refractivity contribution is 0.506. The maximum absolute atomic E-state index is 13.9. The van der Waals surface area contributed by atoms with E-state index in [-0.39, 0.29) is 11.6 Å². The van der Waals surface area contributed by atoms with E-state index in [1.165, 1.54) is 36.4 Å². The summed E-state index contributed by atoms with van der Waals surface area (Å²) in [6, 6.07) is 25.5. The summed E-state index contributed by atoms with van der Waals surface area (Å²) in [6.45, 7) is 3.88. The van der Waals surface area contributed by atoms with E-state index in [2.05, 4.69) is 0 Å². The fraction of sp³-hybridized carbons (Fsp3) is 0.0606. The highest BCUT2D eigenvalue weighted by molar-refractivity contribution is 6.13. The lowest BCUT2D eigenvalue weighted by atomic mass is 9.94. The summed E-state index contributed by atoms with van der Waals surface area (Å²) in [5, 5.41) is 18.4. The van der Waals surface area contributed by atoms with Crippen LogP contribution in [0.4, 0.5) is 8.78 Å². The second-order valence-corrected chi connectivity index (χ2v) is 9.84. The molecule has 1 N–H and O–H groups in total. The van der Waals surface area contributed by atoms with Gasteiger partial charge in [0.2, 0.25) is 0 Å². The lowest BCUT2D eigenvalue weighted by Gasteiger charge is -2.07. The number of aromatic nitrogens is 4. The topological polar surface area (TPSA) is 63.8 Å². The van der Waals surface area contributed by atoms with Crippen molar-refractivity contribution in [2.45, 2.75) is 13.8 Å². The summed E-state index contributed by atoms with van der Waals surface area (Å²) >= 11 is 0. The van der Waals surface area contributed by atoms with Gasteiger partial charge in [0.1, 0.15) is 22.7 Å². The molecule has 5 nitrogen and oxygen atoms in total. The Balaban J connectivity index is 1.73. The van der Waals surface area contributed by atoms with Crippen molar-refractivity contribution in [3.05, 3.63) is 125 Å². The number of hydrogen-bond donors (Lipinski definition) is 1. The first kappa shape index (κ1) is 23.9. The van der Waals surface area contributed by atoms with Crippen molar-refractivity contribution in [2.24, 2.45) is 0 Å². The maximum atomic E-state index is 13.9. The summed E-state index contributed by atoms with van der Waals surface area (Å²) in [5.41, 5.74) is 7.18. The van der Waals surface area contributed by atoms with Gasteiger partial charge >= 0.3 is 0 Å². The normalized spacial score (nSPS) is 12.5. The van der Waals surface area contributed by atoms with Crippen molar-refractivity contribution >= 4 is 27.7 Å². The molecule has 0 amide bonds. The maximum Gasteiger partial charge on any atom is 0.164 e. The Labute approximate surface area is 228 Å². The highest BCUT2D eigenvalue weighted by atomic mass is 19.1. The first-order chi connectivity index (χ1) is 19.4. The molecule has 0 spiro atoms. The SMILES string of the molecule is Cc1ccc2nc(-c3ccc(F)cc3)c3c4c(C)nn(-c5ccccc5)c4n/c(=C(/O)c4ccc(F)cc4)c1c2-3. The predicted molar refractivity (Wildman–Crippen MR) is 152 cm³/mol. The molecule has 1 aromatic heterocycles. The average Bonchev–Trinajstić information content (AvgIpc) is 3.44. The first-order valence-corrected chi connectivity index (χ1v) is 12.8. The summed E-state index contributed by atoms with van der Waals surface area (Å²) in [7, 11) is 0. The van der Waals surface area contributed by atoms with Crippen LogP contribution in [-0.2, 0) is 0 Å². The summed E-state index contributed by atoms with van der Waals surface area (Å²) in [5.74, 6) is -0.818. The largest absolute Gasteiger partial charge is 0.505 e. The Morgan fingerprint density at radius 1 is 0.725 bits per heavy atom. The average molecular weight is 529 g/mol. The van der Waals surface area contributed by atoms with Crippen LogP contribution in [0.2, 0.25) is 0 Å². The van der Waals surface area contributed by atoms with Crippen LogP contribution in [0.5, 0.6) is 0 Å². The van der Waals surface area contributed by atoms with E-state index < -0.39 is 5.82 Å². The predicted octanol–water partition coefficient (Wildman–Crippen LogP) is 7.07. The van der Waals surface area contributed by atoms with E-state index in [0.717, 1.165) is 44.4 Å². The van der Waals surface area contributed by atoms with Gasteiger partial charge in [-0.1, -0.05) is 24.3 Å². The molecule has 3 heterocycles. The molecular formula is C33H22F2N4O. The van der Waals surface area contributed by atoms with E-state index in [1.54, 1.807) is 16.8 Å². The molecule has 194 valence electrons. The number of benzene rings is 4. The highest BCUT2D eigenvalue weighted by Gasteiger charge is 2.27. The molecule has 0 saturated heterocycles. The van der Waals surface area contributed by atoms with Crippen LogP contribution >= 0.6 is 0 Å². The molecular weight excluding hydrogens is 506 g/mol. The van der Waals surface area contributed by atoms with Gasteiger partial charge in [0.25, 0.3) is 0 Å². The van der Waals surface area contributed by atoms with Crippen LogP contribution in [0.15, 0.2) is 91.0 Å². The van der Waals surface area contributed by atoms with Crippen LogP contribution < -0.4 is 5.35 Å². The van der Waals surface area contributed by atoms with Gasteiger partial charge in [-0.2, -0.15) is 5.10 Å². The van der Waals surface area contributed by atoms with Crippen LogP contribution in [0, 0.1) is 25.5 Å². The molecule has 2 aliphatic rings. The molecule has 0 radical (unpaired) electrons. The smallest absolute Gasteiger partial charge is 0.164 e. The zero-order valence-corrected chi connectivity index (χ0v) is 21.7. The minimum Gasteiger partial charge on any atom is -0.505 e. The van der Waals surface area contributed by atoms with E-state index in [9.17, 15) is 13.9 Å². The Hall–Kier alpha value is -5.17. The Kier molecular flexibility index (Phi) is 5.35. The molecule has 2 aliphatic heterocycles. The third kappa shape index (κ3) is 3.62. The van der Waals surface area contributed by atoms with Crippen LogP contribution in [0.1, 0.15) is 16.8 Å². The molecule has 40 heavy (non-hydrogen) atoms. The number of fused-ring (bicyclic) bond motifs is 2. The van der Waals surface area contributed by atoms with Gasteiger partial charge in [0, 0.05) is 27.6 Å². The Morgan fingerprint density at radius 2 is 1.40 bits per heavy atom. The van der Waals surface area contributed by atoms with Crippen LogP contribution in [0.3, 0.4) is 0 Å². The van der Waals surface area contributed by atoms with E-state index >= 15 is 0 Å². The van der Waals surface area contributed by atoms with Crippen molar-refractivity contribution in [2.75, 3.05) is 0 Å². The van der Waals surface area contributed by atoms with Crippen molar-refractivity contribution in [1.82, 2.24) is 19.7 Å². The molecule has 7 rings (SSSR count). The summed E-state index contributed by atoms with van der Waals surface area (Å²) in [4.78, 5) is 10.1. The molecule has 5 aromatic rings. The molecule has 0 fully saturated rings. The highest BCUT2D eigenvalue weighted by Crippen LogP contribution is 2.44. The zero-order chi connectivity index (χ0) is 27.5. The van der Waals surface area contributed by atoms with E-state index in [4.69, 9.17) is 15.1 Å². The summed E-state index contributed by atoms with van der Waals surface area (Å²) < 4.78 is 29.4. The molecule has 0 unspecified atom stereocenters. The number of nitrogens with zero attached hydrogens (tertiary/aromatic N) is 4. The van der Waals surface area contributed by atoms with Crippen molar-refractivity contribution in [1.29, 1.82) is 0 Å². The summed E-state index contributed by atoms with van der Waals surface area (Å²) in [6.07, 6.45) is 0.